The Morgan fingerprint density at radius 2 is 2.12 bits per heavy atom. The molecule has 0 radical (unpaired) electrons. The molecule has 0 fully saturated rings. The van der Waals surface area contributed by atoms with Gasteiger partial charge in [0.2, 0.25) is 0 Å². The van der Waals surface area contributed by atoms with Crippen LogP contribution < -0.4 is 10.6 Å². The second-order valence-electron chi connectivity index (χ2n) is 3.84. The number of nitrogens with zero attached hydrogens (tertiary/aromatic N) is 3. The number of hydrogen-bond acceptors (Lipinski definition) is 3. The van der Waals surface area contributed by atoms with Crippen LogP contribution in [0.5, 0.6) is 0 Å². The molecule has 2 heterocycles. The highest BCUT2D eigenvalue weighted by atomic mass is 16.2. The van der Waals surface area contributed by atoms with Gasteiger partial charge in [0, 0.05) is 0 Å². The Bertz CT molecular complexity index is 548. The molecule has 1 aromatic carbocycles. The van der Waals surface area contributed by atoms with Gasteiger partial charge in [-0.25, -0.2) is 9.48 Å². The lowest BCUT2D eigenvalue weighted by Gasteiger charge is -2.14. The fraction of sp³-hybridized carbons (Fsp3) is 0.182. The van der Waals surface area contributed by atoms with Crippen molar-refractivity contribution in [3.8, 4) is 0 Å². The van der Waals surface area contributed by atoms with Gasteiger partial charge in [0.15, 0.2) is 5.82 Å². The molecule has 1 aromatic heterocycles. The number of carbonyl (C=O) groups excluding carboxylic acids is 1. The summed E-state index contributed by atoms with van der Waals surface area (Å²) in [5.41, 5.74) is 1.88. The number of rotatable bonds is 2. The average Bonchev–Trinajstić information content (AvgIpc) is 2.73. The molecule has 0 saturated carbocycles. The SMILES string of the molecule is O=C1NCc2nnn(Cc3ccccc3)c2N1. The summed E-state index contributed by atoms with van der Waals surface area (Å²) in [4.78, 5) is 11.2. The van der Waals surface area contributed by atoms with E-state index >= 15 is 0 Å². The molecule has 6 nitrogen and oxygen atoms in total. The van der Waals surface area contributed by atoms with Crippen molar-refractivity contribution < 1.29 is 4.79 Å². The molecule has 0 aliphatic carbocycles. The van der Waals surface area contributed by atoms with Crippen molar-refractivity contribution in [2.75, 3.05) is 5.32 Å². The number of nitrogens with one attached hydrogen (secondary N) is 2. The van der Waals surface area contributed by atoms with Crippen LogP contribution in [0.1, 0.15) is 11.3 Å². The summed E-state index contributed by atoms with van der Waals surface area (Å²) in [7, 11) is 0. The molecule has 2 amide bonds. The quantitative estimate of drug-likeness (QED) is 0.805. The van der Waals surface area contributed by atoms with Gasteiger partial charge in [0.1, 0.15) is 5.69 Å². The van der Waals surface area contributed by atoms with E-state index in [4.69, 9.17) is 0 Å². The molecular weight excluding hydrogens is 218 g/mol. The van der Waals surface area contributed by atoms with E-state index in [0.717, 1.165) is 11.3 Å². The first-order chi connectivity index (χ1) is 8.33. The van der Waals surface area contributed by atoms with Crippen LogP contribution in [-0.2, 0) is 13.1 Å². The van der Waals surface area contributed by atoms with Crippen LogP contribution >= 0.6 is 0 Å². The molecule has 1 aliphatic heterocycles. The molecule has 1 aliphatic rings. The maximum absolute atomic E-state index is 11.2. The van der Waals surface area contributed by atoms with E-state index < -0.39 is 0 Å². The Morgan fingerprint density at radius 1 is 1.29 bits per heavy atom. The summed E-state index contributed by atoms with van der Waals surface area (Å²) in [6, 6.07) is 9.71. The number of aromatic nitrogens is 3. The van der Waals surface area contributed by atoms with Gasteiger partial charge in [-0.3, -0.25) is 5.32 Å². The smallest absolute Gasteiger partial charge is 0.320 e. The first kappa shape index (κ1) is 9.83. The first-order valence-electron chi connectivity index (χ1n) is 5.34. The van der Waals surface area contributed by atoms with Crippen LogP contribution in [0.2, 0.25) is 0 Å². The highest BCUT2D eigenvalue weighted by Crippen LogP contribution is 2.17. The van der Waals surface area contributed by atoms with Gasteiger partial charge >= 0.3 is 6.03 Å². The first-order valence-corrected chi connectivity index (χ1v) is 5.34. The molecule has 17 heavy (non-hydrogen) atoms. The van der Waals surface area contributed by atoms with Gasteiger partial charge in [0.25, 0.3) is 0 Å². The number of carbonyl (C=O) groups is 1. The summed E-state index contributed by atoms with van der Waals surface area (Å²) in [5.74, 6) is 0.678. The highest BCUT2D eigenvalue weighted by Gasteiger charge is 2.20. The van der Waals surface area contributed by atoms with E-state index in [1.807, 2.05) is 30.3 Å². The number of anilines is 1. The number of urea groups is 1. The van der Waals surface area contributed by atoms with Crippen LogP contribution in [-0.4, -0.2) is 21.0 Å². The zero-order valence-corrected chi connectivity index (χ0v) is 9.05. The number of benzene rings is 1. The largest absolute Gasteiger partial charge is 0.332 e. The van der Waals surface area contributed by atoms with Crippen LogP contribution in [0.25, 0.3) is 0 Å². The molecule has 86 valence electrons. The Balaban J connectivity index is 1.90. The monoisotopic (exact) mass is 229 g/mol. The van der Waals surface area contributed by atoms with Crippen LogP contribution in [0.15, 0.2) is 30.3 Å². The third-order valence-corrected chi connectivity index (χ3v) is 2.63. The fourth-order valence-electron chi connectivity index (χ4n) is 1.79. The van der Waals surface area contributed by atoms with Gasteiger partial charge < -0.3 is 5.32 Å². The molecule has 2 N–H and O–H groups in total. The van der Waals surface area contributed by atoms with Crippen molar-refractivity contribution in [2.24, 2.45) is 0 Å². The van der Waals surface area contributed by atoms with E-state index in [1.54, 1.807) is 4.68 Å². The minimum absolute atomic E-state index is 0.214. The van der Waals surface area contributed by atoms with E-state index in [-0.39, 0.29) is 6.03 Å². The third-order valence-electron chi connectivity index (χ3n) is 2.63. The topological polar surface area (TPSA) is 71.8 Å². The molecule has 0 saturated heterocycles. The average molecular weight is 229 g/mol. The van der Waals surface area contributed by atoms with Crippen molar-refractivity contribution in [3.05, 3.63) is 41.6 Å². The van der Waals surface area contributed by atoms with E-state index in [2.05, 4.69) is 20.9 Å². The minimum atomic E-state index is -0.214. The van der Waals surface area contributed by atoms with Crippen LogP contribution in [0.3, 0.4) is 0 Å². The summed E-state index contributed by atoms with van der Waals surface area (Å²) >= 11 is 0. The van der Waals surface area contributed by atoms with Gasteiger partial charge in [-0.05, 0) is 5.56 Å². The molecule has 2 aromatic rings. The van der Waals surface area contributed by atoms with Gasteiger partial charge in [-0.2, -0.15) is 0 Å². The Labute approximate surface area is 97.6 Å². The lowest BCUT2D eigenvalue weighted by atomic mass is 10.2. The summed E-state index contributed by atoms with van der Waals surface area (Å²) < 4.78 is 1.70. The van der Waals surface area contributed by atoms with Crippen molar-refractivity contribution in [1.29, 1.82) is 0 Å². The summed E-state index contributed by atoms with van der Waals surface area (Å²) in [6.07, 6.45) is 0. The number of fused-ring (bicyclic) bond motifs is 1. The van der Waals surface area contributed by atoms with Crippen molar-refractivity contribution in [3.63, 3.8) is 0 Å². The van der Waals surface area contributed by atoms with Gasteiger partial charge in [-0.15, -0.1) is 5.10 Å². The zero-order chi connectivity index (χ0) is 11.7. The maximum Gasteiger partial charge on any atom is 0.320 e. The van der Waals surface area contributed by atoms with Crippen LogP contribution in [0.4, 0.5) is 10.6 Å². The standard InChI is InChI=1S/C11H11N5O/c17-11-12-6-9-10(13-11)16(15-14-9)7-8-4-2-1-3-5-8/h1-5H,6-7H2,(H2,12,13,17). The highest BCUT2D eigenvalue weighted by molar-refractivity contribution is 5.90. The number of amides is 2. The van der Waals surface area contributed by atoms with Crippen molar-refractivity contribution >= 4 is 11.8 Å². The molecule has 0 unspecified atom stereocenters. The van der Waals surface area contributed by atoms with E-state index in [0.29, 0.717) is 18.9 Å². The Morgan fingerprint density at radius 3 is 2.94 bits per heavy atom. The Kier molecular flexibility index (Phi) is 2.25. The maximum atomic E-state index is 11.2. The zero-order valence-electron chi connectivity index (χ0n) is 9.05. The minimum Gasteiger partial charge on any atom is -0.332 e. The number of hydrogen-bond donors (Lipinski definition) is 2. The lowest BCUT2D eigenvalue weighted by molar-refractivity contribution is 0.250. The lowest BCUT2D eigenvalue weighted by Crippen LogP contribution is -2.34. The van der Waals surface area contributed by atoms with E-state index in [1.165, 1.54) is 0 Å². The predicted octanol–water partition coefficient (Wildman–Crippen LogP) is 0.961. The second-order valence-corrected chi connectivity index (χ2v) is 3.84. The van der Waals surface area contributed by atoms with E-state index in [9.17, 15) is 4.79 Å². The fourth-order valence-corrected chi connectivity index (χ4v) is 1.79. The molecule has 0 bridgehead atoms. The van der Waals surface area contributed by atoms with Gasteiger partial charge in [0.05, 0.1) is 13.1 Å². The second kappa shape index (κ2) is 3.89. The third kappa shape index (κ3) is 1.84. The van der Waals surface area contributed by atoms with Gasteiger partial charge in [-0.1, -0.05) is 35.5 Å². The molecule has 3 rings (SSSR count). The normalized spacial score (nSPS) is 13.8. The molecule has 0 atom stereocenters. The summed E-state index contributed by atoms with van der Waals surface area (Å²) in [6.45, 7) is 1.03. The Hall–Kier alpha value is -2.37. The predicted molar refractivity (Wildman–Crippen MR) is 61.4 cm³/mol. The van der Waals surface area contributed by atoms with Crippen LogP contribution in [0, 0.1) is 0 Å². The molecule has 0 spiro atoms. The van der Waals surface area contributed by atoms with Crippen molar-refractivity contribution in [2.45, 2.75) is 13.1 Å². The summed E-state index contributed by atoms with van der Waals surface area (Å²) in [5, 5.41) is 13.4. The molecule has 6 heteroatoms. The molecular formula is C11H11N5O. The van der Waals surface area contributed by atoms with Crippen molar-refractivity contribution in [1.82, 2.24) is 20.3 Å².